The largest absolute Gasteiger partial charge is 0.385 e. The molecule has 1 saturated heterocycles. The number of nitrogens with zero attached hydrogens (tertiary/aromatic N) is 3. The van der Waals surface area contributed by atoms with E-state index in [2.05, 4.69) is 60.0 Å². The summed E-state index contributed by atoms with van der Waals surface area (Å²) in [4.78, 5) is 20.7. The van der Waals surface area contributed by atoms with Crippen molar-refractivity contribution in [3.63, 3.8) is 0 Å². The van der Waals surface area contributed by atoms with Crippen LogP contribution < -0.4 is 0 Å². The van der Waals surface area contributed by atoms with E-state index < -0.39 is 0 Å². The Kier molecular flexibility index (Phi) is 13.9. The highest BCUT2D eigenvalue weighted by molar-refractivity contribution is 7.10. The molecule has 0 aliphatic carbocycles. The first-order valence-electron chi connectivity index (χ1n) is 11.8. The third-order valence-electron chi connectivity index (χ3n) is 5.80. The lowest BCUT2D eigenvalue weighted by atomic mass is 9.88. The summed E-state index contributed by atoms with van der Waals surface area (Å²) in [7, 11) is 3.84. The Morgan fingerprint density at radius 3 is 2.34 bits per heavy atom. The first kappa shape index (κ1) is 28.7. The highest BCUT2D eigenvalue weighted by atomic mass is 32.1. The maximum atomic E-state index is 11.6. The quantitative estimate of drug-likeness (QED) is 0.417. The molecule has 0 N–H and O–H groups in total. The van der Waals surface area contributed by atoms with E-state index in [-0.39, 0.29) is 6.04 Å². The Hall–Kier alpha value is -1.34. The van der Waals surface area contributed by atoms with Crippen molar-refractivity contribution in [2.45, 2.75) is 59.4 Å². The van der Waals surface area contributed by atoms with Gasteiger partial charge >= 0.3 is 0 Å². The maximum absolute atomic E-state index is 11.6. The van der Waals surface area contributed by atoms with Gasteiger partial charge in [0.2, 0.25) is 0 Å². The van der Waals surface area contributed by atoms with Crippen LogP contribution in [0.15, 0.2) is 30.3 Å². The molecule has 0 bridgehead atoms. The summed E-state index contributed by atoms with van der Waals surface area (Å²) in [6.07, 6.45) is 11.6. The number of carbonyl (C=O) groups excluding carboxylic acids is 1. The molecule has 5 nitrogen and oxygen atoms in total. The van der Waals surface area contributed by atoms with Crippen molar-refractivity contribution in [2.24, 2.45) is 11.3 Å². The molecule has 2 aliphatic heterocycles. The van der Waals surface area contributed by atoms with Crippen LogP contribution in [-0.4, -0.2) is 74.1 Å². The molecule has 3 rings (SSSR count). The monoisotopic (exact) mass is 463 g/mol. The van der Waals surface area contributed by atoms with E-state index in [4.69, 9.17) is 0 Å². The summed E-state index contributed by atoms with van der Waals surface area (Å²) in [6.45, 7) is 17.1. The van der Waals surface area contributed by atoms with Gasteiger partial charge in [0.25, 0.3) is 0 Å². The molecule has 1 atom stereocenters. The molecule has 1 aromatic heterocycles. The topological polar surface area (TPSA) is 45.7 Å². The highest BCUT2D eigenvalue weighted by Gasteiger charge is 2.30. The Balaban J connectivity index is 0.000000390. The van der Waals surface area contributed by atoms with Crippen molar-refractivity contribution < 1.29 is 9.53 Å². The van der Waals surface area contributed by atoms with Crippen LogP contribution in [0.3, 0.4) is 0 Å². The molecule has 0 spiro atoms. The maximum Gasteiger partial charge on any atom is 0.137 e. The minimum Gasteiger partial charge on any atom is -0.385 e. The van der Waals surface area contributed by atoms with Crippen molar-refractivity contribution in [1.29, 1.82) is 0 Å². The number of likely N-dealkylation sites (tertiary alicyclic amines) is 1. The van der Waals surface area contributed by atoms with Gasteiger partial charge in [0.15, 0.2) is 0 Å². The number of hydrogen-bond acceptors (Lipinski definition) is 6. The zero-order valence-electron chi connectivity index (χ0n) is 21.2. The van der Waals surface area contributed by atoms with Gasteiger partial charge in [0.05, 0.1) is 6.04 Å². The predicted molar refractivity (Wildman–Crippen MR) is 138 cm³/mol. The van der Waals surface area contributed by atoms with Crippen molar-refractivity contribution in [3.05, 3.63) is 35.3 Å². The Morgan fingerprint density at radius 1 is 1.31 bits per heavy atom. The molecule has 0 amide bonds. The second kappa shape index (κ2) is 15.5. The molecule has 182 valence electrons. The molecule has 3 heterocycles. The Morgan fingerprint density at radius 2 is 1.97 bits per heavy atom. The number of rotatable bonds is 6. The molecule has 32 heavy (non-hydrogen) atoms. The lowest BCUT2D eigenvalue weighted by molar-refractivity contribution is -0.114. The van der Waals surface area contributed by atoms with Gasteiger partial charge in [-0.25, -0.2) is 4.98 Å². The number of ether oxygens (including phenoxy) is 1. The van der Waals surface area contributed by atoms with Gasteiger partial charge in [-0.2, -0.15) is 0 Å². The van der Waals surface area contributed by atoms with E-state index in [1.54, 1.807) is 18.4 Å². The van der Waals surface area contributed by atoms with E-state index in [1.165, 1.54) is 11.9 Å². The number of methoxy groups -OCH3 is 1. The molecule has 1 unspecified atom stereocenters. The average molecular weight is 464 g/mol. The molecule has 2 aliphatic rings. The van der Waals surface area contributed by atoms with Gasteiger partial charge in [-0.1, -0.05) is 32.9 Å². The normalized spacial score (nSPS) is 19.0. The summed E-state index contributed by atoms with van der Waals surface area (Å²) in [6, 6.07) is 0.0906. The minimum absolute atomic E-state index is 0.0906. The van der Waals surface area contributed by atoms with Gasteiger partial charge < -0.3 is 14.4 Å². The van der Waals surface area contributed by atoms with Gasteiger partial charge in [0, 0.05) is 38.4 Å². The van der Waals surface area contributed by atoms with E-state index >= 15 is 0 Å². The van der Waals surface area contributed by atoms with Crippen LogP contribution in [0.2, 0.25) is 0 Å². The van der Waals surface area contributed by atoms with Crippen LogP contribution in [0.5, 0.6) is 0 Å². The predicted octanol–water partition coefficient (Wildman–Crippen LogP) is 5.40. The zero-order valence-corrected chi connectivity index (χ0v) is 22.0. The van der Waals surface area contributed by atoms with Crippen LogP contribution in [0.1, 0.15) is 58.4 Å². The summed E-state index contributed by atoms with van der Waals surface area (Å²) >= 11 is 1.70. The number of hydrogen-bond donors (Lipinski definition) is 0. The third kappa shape index (κ3) is 11.0. The van der Waals surface area contributed by atoms with Crippen LogP contribution in [-0.2, 0) is 9.53 Å². The van der Waals surface area contributed by atoms with E-state index in [1.807, 2.05) is 24.6 Å². The van der Waals surface area contributed by atoms with Crippen LogP contribution in [0.4, 0.5) is 0 Å². The van der Waals surface area contributed by atoms with E-state index in [9.17, 15) is 4.79 Å². The first-order valence-corrected chi connectivity index (χ1v) is 12.7. The lowest BCUT2D eigenvalue weighted by Gasteiger charge is -2.38. The smallest absolute Gasteiger partial charge is 0.137 e. The molecular weight excluding hydrogens is 418 g/mol. The Labute approximate surface area is 200 Å². The van der Waals surface area contributed by atoms with Gasteiger partial charge in [-0.05, 0) is 69.7 Å². The van der Waals surface area contributed by atoms with Crippen LogP contribution in [0.25, 0.3) is 5.57 Å². The number of aromatic nitrogens is 1. The molecule has 0 saturated carbocycles. The lowest BCUT2D eigenvalue weighted by Crippen LogP contribution is -2.47. The van der Waals surface area contributed by atoms with Crippen molar-refractivity contribution in [3.8, 4) is 0 Å². The van der Waals surface area contributed by atoms with Gasteiger partial charge in [0.1, 0.15) is 11.3 Å². The molecule has 1 aromatic rings. The SMILES string of the molecule is C=CCC(C)(C)C.CCOC.CN1CCC(C(C=O)N2CC=C(c3nccs3)CC2)CC1. The summed E-state index contributed by atoms with van der Waals surface area (Å²) < 4.78 is 4.54. The number of allylic oxidation sites excluding steroid dienone is 1. The standard InChI is InChI=1S/C16H23N3OS.C7H14.C3H8O/c1-18-7-2-13(3-8-18)15(12-20)19-9-4-14(5-10-19)16-17-6-11-21-16;1-5-6-7(2,3)4;1-3-4-2/h4,6,11-13,15H,2-3,5,7-10H2,1H3;5H,1,6H2,2-4H3;3H2,1-2H3. The number of aldehydes is 1. The second-order valence-corrected chi connectivity index (χ2v) is 10.6. The summed E-state index contributed by atoms with van der Waals surface area (Å²) in [5.74, 6) is 0.522. The van der Waals surface area contributed by atoms with Crippen molar-refractivity contribution in [2.75, 3.05) is 46.9 Å². The number of piperidine rings is 1. The second-order valence-electron chi connectivity index (χ2n) is 9.71. The molecule has 0 radical (unpaired) electrons. The Bertz CT molecular complexity index is 657. The highest BCUT2D eigenvalue weighted by Crippen LogP contribution is 2.28. The number of carbonyl (C=O) groups is 1. The molecule has 6 heteroatoms. The van der Waals surface area contributed by atoms with Gasteiger partial charge in [-0.3, -0.25) is 4.90 Å². The molecule has 1 fully saturated rings. The fourth-order valence-electron chi connectivity index (χ4n) is 3.83. The van der Waals surface area contributed by atoms with E-state index in [0.29, 0.717) is 11.3 Å². The van der Waals surface area contributed by atoms with Crippen molar-refractivity contribution in [1.82, 2.24) is 14.8 Å². The van der Waals surface area contributed by atoms with Crippen LogP contribution >= 0.6 is 11.3 Å². The summed E-state index contributed by atoms with van der Waals surface area (Å²) in [5.41, 5.74) is 1.77. The average Bonchev–Trinajstić information content (AvgIpc) is 3.31. The van der Waals surface area contributed by atoms with Crippen LogP contribution in [0, 0.1) is 11.3 Å². The fraction of sp³-hybridized carbons (Fsp3) is 0.692. The minimum atomic E-state index is 0.0906. The molecular formula is C26H45N3O2S. The number of thiazole rings is 1. The van der Waals surface area contributed by atoms with E-state index in [0.717, 1.165) is 63.5 Å². The van der Waals surface area contributed by atoms with Gasteiger partial charge in [-0.15, -0.1) is 17.9 Å². The molecule has 0 aromatic carbocycles. The zero-order chi connectivity index (χ0) is 24.0. The first-order chi connectivity index (χ1) is 15.3. The summed E-state index contributed by atoms with van der Waals surface area (Å²) in [5, 5.41) is 3.16. The van der Waals surface area contributed by atoms with Crippen molar-refractivity contribution >= 4 is 23.2 Å². The fourth-order valence-corrected chi connectivity index (χ4v) is 4.54. The third-order valence-corrected chi connectivity index (χ3v) is 6.65.